The molecule has 3 saturated heterocycles. The van der Waals surface area contributed by atoms with E-state index in [0.717, 1.165) is 25.7 Å². The second-order valence-corrected chi connectivity index (χ2v) is 8.59. The summed E-state index contributed by atoms with van der Waals surface area (Å²) in [5.41, 5.74) is 0. The first kappa shape index (κ1) is 16.5. The van der Waals surface area contributed by atoms with Crippen molar-refractivity contribution in [2.45, 2.75) is 69.2 Å². The van der Waals surface area contributed by atoms with Crippen molar-refractivity contribution >= 4 is 17.7 Å². The Kier molecular flexibility index (Phi) is 3.95. The van der Waals surface area contributed by atoms with Crippen LogP contribution in [-0.4, -0.2) is 71.4 Å². The zero-order chi connectivity index (χ0) is 17.8. The molecular weight excluding hydrogens is 334 g/mol. The minimum Gasteiger partial charge on any atom is -0.375 e. The number of hydrogen-bond donors (Lipinski definition) is 1. The van der Waals surface area contributed by atoms with Gasteiger partial charge in [-0.25, -0.2) is 0 Å². The SMILES string of the molecule is O=C(NC1CCN2C(=O)C3C(OCC4CC4)CCN3C(=O)C12)C1CCC1. The lowest BCUT2D eigenvalue weighted by molar-refractivity contribution is -0.161. The van der Waals surface area contributed by atoms with Crippen LogP contribution in [0, 0.1) is 11.8 Å². The van der Waals surface area contributed by atoms with Crippen molar-refractivity contribution < 1.29 is 19.1 Å². The predicted octanol–water partition coefficient (Wildman–Crippen LogP) is 0.282. The molecule has 142 valence electrons. The lowest BCUT2D eigenvalue weighted by Gasteiger charge is -2.41. The third-order valence-electron chi connectivity index (χ3n) is 6.86. The summed E-state index contributed by atoms with van der Waals surface area (Å²) in [6, 6.07) is -1.23. The number of nitrogens with zero attached hydrogens (tertiary/aromatic N) is 2. The molecule has 4 atom stereocenters. The van der Waals surface area contributed by atoms with Gasteiger partial charge in [-0.1, -0.05) is 6.42 Å². The van der Waals surface area contributed by atoms with E-state index in [1.54, 1.807) is 9.80 Å². The maximum absolute atomic E-state index is 13.1. The van der Waals surface area contributed by atoms with Crippen molar-refractivity contribution in [3.8, 4) is 0 Å². The molecule has 2 aliphatic carbocycles. The molecule has 5 fully saturated rings. The quantitative estimate of drug-likeness (QED) is 0.763. The molecule has 4 unspecified atom stereocenters. The van der Waals surface area contributed by atoms with Gasteiger partial charge in [0, 0.05) is 25.6 Å². The maximum atomic E-state index is 13.1. The van der Waals surface area contributed by atoms with Gasteiger partial charge in [0.1, 0.15) is 12.1 Å². The molecule has 26 heavy (non-hydrogen) atoms. The van der Waals surface area contributed by atoms with Crippen LogP contribution in [0.5, 0.6) is 0 Å². The summed E-state index contributed by atoms with van der Waals surface area (Å²) in [6.45, 7) is 1.84. The molecule has 0 aromatic carbocycles. The number of amides is 3. The van der Waals surface area contributed by atoms with Gasteiger partial charge < -0.3 is 19.9 Å². The summed E-state index contributed by atoms with van der Waals surface area (Å²) in [6.07, 6.45) is 6.63. The van der Waals surface area contributed by atoms with E-state index in [9.17, 15) is 14.4 Å². The Labute approximate surface area is 153 Å². The highest BCUT2D eigenvalue weighted by molar-refractivity contribution is 5.99. The van der Waals surface area contributed by atoms with Crippen LogP contribution in [0.4, 0.5) is 0 Å². The van der Waals surface area contributed by atoms with Crippen LogP contribution < -0.4 is 5.32 Å². The van der Waals surface area contributed by atoms with E-state index >= 15 is 0 Å². The molecule has 2 saturated carbocycles. The van der Waals surface area contributed by atoms with Gasteiger partial charge >= 0.3 is 0 Å². The second-order valence-electron chi connectivity index (χ2n) is 8.59. The van der Waals surface area contributed by atoms with Crippen LogP contribution in [0.3, 0.4) is 0 Å². The third-order valence-corrected chi connectivity index (χ3v) is 6.86. The topological polar surface area (TPSA) is 79.0 Å². The van der Waals surface area contributed by atoms with Gasteiger partial charge in [-0.15, -0.1) is 0 Å². The molecule has 1 N–H and O–H groups in total. The highest BCUT2D eigenvalue weighted by atomic mass is 16.5. The number of piperazine rings is 1. The monoisotopic (exact) mass is 361 g/mol. The molecule has 7 nitrogen and oxygen atoms in total. The molecule has 0 bridgehead atoms. The van der Waals surface area contributed by atoms with Gasteiger partial charge in [0.25, 0.3) is 0 Å². The van der Waals surface area contributed by atoms with Crippen LogP contribution in [0.1, 0.15) is 44.9 Å². The van der Waals surface area contributed by atoms with Crippen molar-refractivity contribution in [1.29, 1.82) is 0 Å². The van der Waals surface area contributed by atoms with Crippen LogP contribution in [0.15, 0.2) is 0 Å². The van der Waals surface area contributed by atoms with Gasteiger partial charge in [0.05, 0.1) is 12.1 Å². The zero-order valence-corrected chi connectivity index (χ0v) is 15.1. The minimum atomic E-state index is -0.523. The van der Waals surface area contributed by atoms with Gasteiger partial charge in [0.15, 0.2) is 0 Å². The summed E-state index contributed by atoms with van der Waals surface area (Å²) in [7, 11) is 0. The predicted molar refractivity (Wildman–Crippen MR) is 92.0 cm³/mol. The Morgan fingerprint density at radius 2 is 1.65 bits per heavy atom. The van der Waals surface area contributed by atoms with E-state index in [1.807, 2.05) is 0 Å². The summed E-state index contributed by atoms with van der Waals surface area (Å²) < 4.78 is 6.00. The lowest BCUT2D eigenvalue weighted by Crippen LogP contribution is -2.66. The fourth-order valence-electron chi connectivity index (χ4n) is 4.83. The third kappa shape index (κ3) is 2.63. The maximum Gasteiger partial charge on any atom is 0.248 e. The Morgan fingerprint density at radius 3 is 2.35 bits per heavy atom. The van der Waals surface area contributed by atoms with Crippen molar-refractivity contribution in [3.05, 3.63) is 0 Å². The van der Waals surface area contributed by atoms with E-state index in [1.165, 1.54) is 12.8 Å². The molecule has 5 aliphatic rings. The standard InChI is InChI=1S/C19H27N3O4/c23-17(12-2-1-3-12)20-13-6-8-21-15(13)18(24)22-9-7-14(16(22)19(21)25)26-10-11-4-5-11/h11-16H,1-10H2,(H,20,23). The number of rotatable bonds is 5. The Bertz CT molecular complexity index is 630. The van der Waals surface area contributed by atoms with E-state index in [4.69, 9.17) is 4.74 Å². The number of hydrogen-bond acceptors (Lipinski definition) is 4. The molecule has 3 aliphatic heterocycles. The van der Waals surface area contributed by atoms with Crippen LogP contribution in [0.2, 0.25) is 0 Å². The van der Waals surface area contributed by atoms with Gasteiger partial charge in [-0.3, -0.25) is 14.4 Å². The Morgan fingerprint density at radius 1 is 0.962 bits per heavy atom. The zero-order valence-electron chi connectivity index (χ0n) is 15.1. The molecule has 0 spiro atoms. The smallest absolute Gasteiger partial charge is 0.248 e. The van der Waals surface area contributed by atoms with Crippen LogP contribution in [-0.2, 0) is 19.1 Å². The van der Waals surface area contributed by atoms with E-state index < -0.39 is 12.1 Å². The van der Waals surface area contributed by atoms with Crippen molar-refractivity contribution in [3.63, 3.8) is 0 Å². The molecule has 5 rings (SSSR count). The number of fused-ring (bicyclic) bond motifs is 2. The Balaban J connectivity index is 1.29. The van der Waals surface area contributed by atoms with Gasteiger partial charge in [-0.05, 0) is 44.4 Å². The van der Waals surface area contributed by atoms with Crippen LogP contribution in [0.25, 0.3) is 0 Å². The van der Waals surface area contributed by atoms with E-state index in [2.05, 4.69) is 5.32 Å². The molecule has 0 aromatic heterocycles. The van der Waals surface area contributed by atoms with Crippen molar-refractivity contribution in [2.75, 3.05) is 19.7 Å². The largest absolute Gasteiger partial charge is 0.375 e. The number of nitrogens with one attached hydrogen (secondary N) is 1. The summed E-state index contributed by atoms with van der Waals surface area (Å²) in [5, 5.41) is 3.06. The number of carbonyl (C=O) groups excluding carboxylic acids is 3. The normalized spacial score (nSPS) is 36.8. The van der Waals surface area contributed by atoms with Crippen LogP contribution >= 0.6 is 0 Å². The fraction of sp³-hybridized carbons (Fsp3) is 0.842. The lowest BCUT2D eigenvalue weighted by atomic mass is 9.84. The molecule has 7 heteroatoms. The molecule has 3 heterocycles. The van der Waals surface area contributed by atoms with Crippen molar-refractivity contribution in [2.24, 2.45) is 11.8 Å². The number of carbonyl (C=O) groups is 3. The van der Waals surface area contributed by atoms with E-state index in [0.29, 0.717) is 32.0 Å². The minimum absolute atomic E-state index is 0.00768. The first-order valence-electron chi connectivity index (χ1n) is 10.2. The summed E-state index contributed by atoms with van der Waals surface area (Å²) in [4.78, 5) is 41.9. The summed E-state index contributed by atoms with van der Waals surface area (Å²) >= 11 is 0. The number of ether oxygens (including phenoxy) is 1. The second kappa shape index (κ2) is 6.22. The molecular formula is C19H27N3O4. The average molecular weight is 361 g/mol. The first-order chi connectivity index (χ1) is 12.6. The van der Waals surface area contributed by atoms with E-state index in [-0.39, 0.29) is 35.8 Å². The average Bonchev–Trinajstić information content (AvgIpc) is 3.14. The molecule has 0 aromatic rings. The highest BCUT2D eigenvalue weighted by Crippen LogP contribution is 2.36. The molecule has 0 radical (unpaired) electrons. The summed E-state index contributed by atoms with van der Waals surface area (Å²) in [5.74, 6) is 0.789. The van der Waals surface area contributed by atoms with Crippen molar-refractivity contribution in [1.82, 2.24) is 15.1 Å². The Hall–Kier alpha value is -1.63. The first-order valence-corrected chi connectivity index (χ1v) is 10.2. The molecule has 3 amide bonds. The van der Waals surface area contributed by atoms with Gasteiger partial charge in [-0.2, -0.15) is 0 Å². The fourth-order valence-corrected chi connectivity index (χ4v) is 4.83. The van der Waals surface area contributed by atoms with Gasteiger partial charge in [0.2, 0.25) is 17.7 Å². The highest BCUT2D eigenvalue weighted by Gasteiger charge is 2.56.